The molecule has 38 heavy (non-hydrogen) atoms. The van der Waals surface area contributed by atoms with E-state index in [0.29, 0.717) is 0 Å². The van der Waals surface area contributed by atoms with Gasteiger partial charge in [-0.2, -0.15) is 20.6 Å². The number of aryl methyl sites for hydroxylation is 1. The van der Waals surface area contributed by atoms with Crippen LogP contribution in [-0.2, 0) is 16.6 Å². The van der Waals surface area contributed by atoms with Gasteiger partial charge >= 0.3 is 0 Å². The number of carbonyl (C=O) groups excluding carboxylic acids is 1. The topological polar surface area (TPSA) is 84.5 Å². The van der Waals surface area contributed by atoms with Gasteiger partial charge in [0.2, 0.25) is 0 Å². The Morgan fingerprint density at radius 2 is 1.79 bits per heavy atom. The minimum absolute atomic E-state index is 0.0428. The Balaban J connectivity index is 1.56. The van der Waals surface area contributed by atoms with Crippen molar-refractivity contribution in [2.45, 2.75) is 39.0 Å². The molecule has 0 unspecified atom stereocenters. The molecule has 0 aliphatic heterocycles. The molecule has 2 aliphatic rings. The van der Waals surface area contributed by atoms with Crippen molar-refractivity contribution in [2.75, 3.05) is 0 Å². The van der Waals surface area contributed by atoms with Crippen molar-refractivity contribution in [1.82, 2.24) is 20.0 Å². The number of nitriles is 1. The lowest BCUT2D eigenvalue weighted by atomic mass is 9.57. The third kappa shape index (κ3) is 3.67. The summed E-state index contributed by atoms with van der Waals surface area (Å²) in [6.07, 6.45) is 5.14. The van der Waals surface area contributed by atoms with Crippen LogP contribution in [0.5, 0.6) is 0 Å². The summed E-state index contributed by atoms with van der Waals surface area (Å²) in [6.45, 7) is 5.96. The van der Waals surface area contributed by atoms with Crippen LogP contribution in [0.1, 0.15) is 37.2 Å². The van der Waals surface area contributed by atoms with Gasteiger partial charge in [0.05, 0.1) is 34.5 Å². The van der Waals surface area contributed by atoms with Crippen molar-refractivity contribution in [1.29, 1.82) is 5.26 Å². The molecule has 0 fully saturated rings. The van der Waals surface area contributed by atoms with E-state index in [0.717, 1.165) is 57.9 Å². The molecular formula is C31H26FN5O. The van der Waals surface area contributed by atoms with Crippen LogP contribution in [0.25, 0.3) is 28.1 Å². The minimum atomic E-state index is -0.567. The van der Waals surface area contributed by atoms with Crippen LogP contribution in [0, 0.1) is 35.9 Å². The molecule has 2 aromatic heterocycles. The summed E-state index contributed by atoms with van der Waals surface area (Å²) in [6, 6.07) is 18.6. The summed E-state index contributed by atoms with van der Waals surface area (Å²) >= 11 is 0. The number of ketones is 1. The van der Waals surface area contributed by atoms with E-state index in [4.69, 9.17) is 5.10 Å². The smallest absolute Gasteiger partial charge is 0.176 e. The molecule has 0 amide bonds. The van der Waals surface area contributed by atoms with Gasteiger partial charge in [0, 0.05) is 28.0 Å². The lowest BCUT2D eigenvalue weighted by Gasteiger charge is -2.45. The highest BCUT2D eigenvalue weighted by Gasteiger charge is 2.50. The molecule has 188 valence electrons. The molecule has 0 radical (unpaired) electrons. The summed E-state index contributed by atoms with van der Waals surface area (Å²) in [4.78, 5) is 12.9. The third-order valence-corrected chi connectivity index (χ3v) is 8.16. The summed E-state index contributed by atoms with van der Waals surface area (Å²) in [5.41, 5.74) is 7.03. The van der Waals surface area contributed by atoms with Crippen LogP contribution in [0.3, 0.4) is 0 Å². The average Bonchev–Trinajstić information content (AvgIpc) is 3.32. The Morgan fingerprint density at radius 3 is 2.47 bits per heavy atom. The van der Waals surface area contributed by atoms with Crippen molar-refractivity contribution in [2.24, 2.45) is 11.8 Å². The first-order valence-corrected chi connectivity index (χ1v) is 12.8. The minimum Gasteiger partial charge on any atom is -0.293 e. The monoisotopic (exact) mass is 503 g/mol. The molecule has 3 atom stereocenters. The van der Waals surface area contributed by atoms with E-state index in [1.807, 2.05) is 54.9 Å². The van der Waals surface area contributed by atoms with Crippen molar-refractivity contribution in [3.63, 3.8) is 0 Å². The zero-order chi connectivity index (χ0) is 26.6. The predicted molar refractivity (Wildman–Crippen MR) is 142 cm³/mol. The highest BCUT2D eigenvalue weighted by atomic mass is 19.1. The van der Waals surface area contributed by atoms with Crippen LogP contribution < -0.4 is 0 Å². The Hall–Kier alpha value is -4.44. The maximum Gasteiger partial charge on any atom is 0.176 e. The number of hydrogen-bond donors (Lipinski definition) is 0. The summed E-state index contributed by atoms with van der Waals surface area (Å²) < 4.78 is 15.7. The number of aromatic nitrogens is 4. The summed E-state index contributed by atoms with van der Waals surface area (Å²) in [7, 11) is 0. The summed E-state index contributed by atoms with van der Waals surface area (Å²) in [5, 5.41) is 23.0. The molecule has 6 nitrogen and oxygen atoms in total. The third-order valence-electron chi connectivity index (χ3n) is 8.16. The Kier molecular flexibility index (Phi) is 5.57. The van der Waals surface area contributed by atoms with Gasteiger partial charge in [-0.1, -0.05) is 32.1 Å². The van der Waals surface area contributed by atoms with Crippen LogP contribution >= 0.6 is 0 Å². The van der Waals surface area contributed by atoms with Crippen LogP contribution in [0.4, 0.5) is 4.39 Å². The van der Waals surface area contributed by atoms with E-state index in [2.05, 4.69) is 23.2 Å². The second-order valence-corrected chi connectivity index (χ2v) is 10.5. The normalized spacial score (nSPS) is 22.3. The van der Waals surface area contributed by atoms with Gasteiger partial charge in [-0.15, -0.1) is 0 Å². The Labute approximate surface area is 220 Å². The van der Waals surface area contributed by atoms with Crippen molar-refractivity contribution in [3.05, 3.63) is 95.2 Å². The Morgan fingerprint density at radius 1 is 1.08 bits per heavy atom. The van der Waals surface area contributed by atoms with Crippen LogP contribution in [-0.4, -0.2) is 25.8 Å². The number of allylic oxidation sites excluding steroid dienone is 2. The zero-order valence-electron chi connectivity index (χ0n) is 21.4. The number of halogens is 1. The highest BCUT2D eigenvalue weighted by molar-refractivity contribution is 6.02. The van der Waals surface area contributed by atoms with Gasteiger partial charge in [0.1, 0.15) is 11.9 Å². The number of nitrogens with zero attached hydrogens (tertiary/aromatic N) is 5. The zero-order valence-corrected chi connectivity index (χ0v) is 21.4. The number of carbonyl (C=O) groups is 1. The second-order valence-electron chi connectivity index (χ2n) is 10.5. The van der Waals surface area contributed by atoms with E-state index >= 15 is 0 Å². The molecule has 2 aliphatic carbocycles. The van der Waals surface area contributed by atoms with Gasteiger partial charge in [-0.25, -0.2) is 9.07 Å². The molecule has 2 aromatic carbocycles. The van der Waals surface area contributed by atoms with Crippen molar-refractivity contribution in [3.8, 4) is 34.1 Å². The van der Waals surface area contributed by atoms with Crippen LogP contribution in [0.15, 0.2) is 72.4 Å². The lowest BCUT2D eigenvalue weighted by Crippen LogP contribution is -2.46. The molecule has 0 spiro atoms. The van der Waals surface area contributed by atoms with Gasteiger partial charge in [-0.05, 0) is 73.7 Å². The lowest BCUT2D eigenvalue weighted by molar-refractivity contribution is -0.121. The van der Waals surface area contributed by atoms with Crippen LogP contribution in [0.2, 0.25) is 0 Å². The molecule has 0 saturated heterocycles. The fourth-order valence-electron chi connectivity index (χ4n) is 6.30. The second kappa shape index (κ2) is 8.84. The largest absolute Gasteiger partial charge is 0.293 e. The molecule has 0 bridgehead atoms. The number of benzene rings is 2. The van der Waals surface area contributed by atoms with E-state index in [-0.39, 0.29) is 29.0 Å². The number of Topliss-reactive ketones (excluding diaryl/α,β-unsaturated/α-hetero) is 1. The molecule has 7 heteroatoms. The summed E-state index contributed by atoms with van der Waals surface area (Å²) in [5.74, 6) is -0.614. The SMILES string of the molecule is Cc1cc(-c2ccc(-n3nc(-c4ccc(F)cc4)c4c3[C@]3(C)C=C(C#N)C(=O)[C@H](C)[C@H]3CC4)cc2)cnn1. The maximum atomic E-state index is 13.8. The van der Waals surface area contributed by atoms with E-state index in [1.54, 1.807) is 18.3 Å². The first kappa shape index (κ1) is 23.9. The van der Waals surface area contributed by atoms with Crippen molar-refractivity contribution >= 4 is 5.78 Å². The molecular weight excluding hydrogens is 477 g/mol. The quantitative estimate of drug-likeness (QED) is 0.346. The standard InChI is InChI=1S/C31H26FN5O/c1-18-14-22(17-34-35-18)20-6-10-25(11-7-20)37-30-26(28(36-37)21-4-8-24(32)9-5-21)12-13-27-19(2)29(38)23(16-33)15-31(27,30)3/h4-11,14-15,17,19,27H,12-13H2,1-3H3/t19-,27-,31-/m1/s1. The molecule has 4 aromatic rings. The fourth-order valence-corrected chi connectivity index (χ4v) is 6.30. The van der Waals surface area contributed by atoms with E-state index in [9.17, 15) is 14.4 Å². The number of rotatable bonds is 3. The van der Waals surface area contributed by atoms with E-state index in [1.165, 1.54) is 12.1 Å². The highest BCUT2D eigenvalue weighted by Crippen LogP contribution is 2.52. The Bertz CT molecular complexity index is 1650. The van der Waals surface area contributed by atoms with Gasteiger partial charge in [-0.3, -0.25) is 4.79 Å². The number of fused-ring (bicyclic) bond motifs is 3. The van der Waals surface area contributed by atoms with Crippen molar-refractivity contribution < 1.29 is 9.18 Å². The van der Waals surface area contributed by atoms with Gasteiger partial charge < -0.3 is 0 Å². The molecule has 6 rings (SSSR count). The first-order chi connectivity index (χ1) is 18.3. The molecule has 2 heterocycles. The molecule has 0 N–H and O–H groups in total. The molecule has 0 saturated carbocycles. The first-order valence-electron chi connectivity index (χ1n) is 12.8. The van der Waals surface area contributed by atoms with E-state index < -0.39 is 5.41 Å². The van der Waals surface area contributed by atoms with Gasteiger partial charge in [0.15, 0.2) is 5.78 Å². The predicted octanol–water partition coefficient (Wildman–Crippen LogP) is 5.93. The fraction of sp³-hybridized carbons (Fsp3) is 0.258. The number of hydrogen-bond acceptors (Lipinski definition) is 5. The average molecular weight is 504 g/mol. The maximum absolute atomic E-state index is 13.8. The van der Waals surface area contributed by atoms with Gasteiger partial charge in [0.25, 0.3) is 0 Å².